The molecule has 2 atom stereocenters. The van der Waals surface area contributed by atoms with Crippen LogP contribution < -0.4 is 11.1 Å². The van der Waals surface area contributed by atoms with Gasteiger partial charge in [0.25, 0.3) is 0 Å². The van der Waals surface area contributed by atoms with Gasteiger partial charge in [-0.15, -0.1) is 0 Å². The maximum atomic E-state index is 11.8. The molecule has 6 heteroatoms. The number of amides is 1. The van der Waals surface area contributed by atoms with Gasteiger partial charge in [0.1, 0.15) is 0 Å². The van der Waals surface area contributed by atoms with Gasteiger partial charge in [0.2, 0.25) is 11.8 Å². The van der Waals surface area contributed by atoms with Gasteiger partial charge in [-0.1, -0.05) is 12.1 Å². The molecular weight excluding hydrogens is 232 g/mol. The molecule has 1 aromatic heterocycles. The number of carbonyl (C=O) groups excluding carboxylic acids is 1. The molecule has 1 aliphatic heterocycles. The lowest BCUT2D eigenvalue weighted by Gasteiger charge is -2.34. The minimum absolute atomic E-state index is 0.0752. The van der Waals surface area contributed by atoms with Crippen molar-refractivity contribution in [2.45, 2.75) is 26.3 Å². The lowest BCUT2D eigenvalue weighted by molar-refractivity contribution is -0.117. The topological polar surface area (TPSA) is 84.4 Å². The van der Waals surface area contributed by atoms with Gasteiger partial charge in [0, 0.05) is 25.2 Å². The van der Waals surface area contributed by atoms with Gasteiger partial charge in [0.05, 0.1) is 12.2 Å². The van der Waals surface area contributed by atoms with Crippen LogP contribution in [0.2, 0.25) is 0 Å². The predicted molar refractivity (Wildman–Crippen MR) is 68.1 cm³/mol. The summed E-state index contributed by atoms with van der Waals surface area (Å²) in [5, 5.41) is 6.41. The molecule has 1 aliphatic rings. The van der Waals surface area contributed by atoms with Crippen molar-refractivity contribution in [3.8, 4) is 0 Å². The number of carbonyl (C=O) groups is 1. The van der Waals surface area contributed by atoms with Gasteiger partial charge in [0.15, 0.2) is 0 Å². The fourth-order valence-corrected chi connectivity index (χ4v) is 2.20. The van der Waals surface area contributed by atoms with Crippen molar-refractivity contribution in [2.24, 2.45) is 11.7 Å². The molecular formula is C12H20N4O2. The minimum Gasteiger partial charge on any atom is -0.338 e. The van der Waals surface area contributed by atoms with Crippen LogP contribution in [0.25, 0.3) is 0 Å². The molecule has 1 saturated heterocycles. The second kappa shape index (κ2) is 5.49. The molecule has 0 saturated carbocycles. The second-order valence-electron chi connectivity index (χ2n) is 5.05. The summed E-state index contributed by atoms with van der Waals surface area (Å²) < 4.78 is 4.94. The molecule has 6 nitrogen and oxygen atoms in total. The van der Waals surface area contributed by atoms with Gasteiger partial charge < -0.3 is 10.3 Å². The van der Waals surface area contributed by atoms with Crippen molar-refractivity contribution in [3.63, 3.8) is 0 Å². The maximum Gasteiger partial charge on any atom is 0.240 e. The van der Waals surface area contributed by atoms with Crippen LogP contribution in [0.4, 0.5) is 5.88 Å². The number of nitrogens with two attached hydrogens (primary N) is 1. The summed E-state index contributed by atoms with van der Waals surface area (Å²) in [6.45, 7) is 6.04. The van der Waals surface area contributed by atoms with E-state index in [1.807, 2.05) is 6.92 Å². The molecule has 2 heterocycles. The Bertz CT molecular complexity index is 418. The zero-order chi connectivity index (χ0) is 13.1. The molecule has 0 radical (unpaired) electrons. The summed E-state index contributed by atoms with van der Waals surface area (Å²) in [6.07, 6.45) is 0.940. The Hall–Kier alpha value is -1.40. The van der Waals surface area contributed by atoms with E-state index in [2.05, 4.69) is 22.3 Å². The highest BCUT2D eigenvalue weighted by molar-refractivity contribution is 5.90. The molecule has 0 bridgehead atoms. The molecule has 0 aliphatic carbocycles. The third kappa shape index (κ3) is 3.30. The van der Waals surface area contributed by atoms with E-state index < -0.39 is 0 Å². The molecule has 2 unspecified atom stereocenters. The summed E-state index contributed by atoms with van der Waals surface area (Å²) in [5.74, 6) is 0.757. The fourth-order valence-electron chi connectivity index (χ4n) is 2.20. The van der Waals surface area contributed by atoms with E-state index in [0.717, 1.165) is 25.2 Å². The number of aromatic nitrogens is 1. The van der Waals surface area contributed by atoms with Gasteiger partial charge >= 0.3 is 0 Å². The normalized spacial score (nSPS) is 25.1. The second-order valence-corrected chi connectivity index (χ2v) is 5.05. The number of nitrogens with zero attached hydrogens (tertiary/aromatic N) is 2. The van der Waals surface area contributed by atoms with Crippen molar-refractivity contribution in [3.05, 3.63) is 11.8 Å². The third-order valence-corrected chi connectivity index (χ3v) is 3.31. The zero-order valence-corrected chi connectivity index (χ0v) is 10.8. The Balaban J connectivity index is 1.81. The number of anilines is 1. The first-order valence-corrected chi connectivity index (χ1v) is 6.25. The molecule has 1 fully saturated rings. The zero-order valence-electron chi connectivity index (χ0n) is 10.8. The first-order chi connectivity index (χ1) is 8.54. The smallest absolute Gasteiger partial charge is 0.240 e. The molecule has 1 aromatic rings. The van der Waals surface area contributed by atoms with E-state index in [0.29, 0.717) is 18.3 Å². The Morgan fingerprint density at radius 3 is 3.11 bits per heavy atom. The Labute approximate surface area is 106 Å². The Kier molecular flexibility index (Phi) is 3.98. The highest BCUT2D eigenvalue weighted by Crippen LogP contribution is 2.15. The minimum atomic E-state index is -0.0752. The van der Waals surface area contributed by atoms with Crippen LogP contribution in [-0.4, -0.2) is 41.6 Å². The van der Waals surface area contributed by atoms with Crippen molar-refractivity contribution >= 4 is 11.8 Å². The number of nitrogens with one attached hydrogen (secondary N) is 1. The quantitative estimate of drug-likeness (QED) is 0.822. The number of likely N-dealkylation sites (tertiary alicyclic amines) is 1. The van der Waals surface area contributed by atoms with Crippen LogP contribution in [-0.2, 0) is 4.79 Å². The monoisotopic (exact) mass is 252 g/mol. The Morgan fingerprint density at radius 1 is 1.72 bits per heavy atom. The van der Waals surface area contributed by atoms with Gasteiger partial charge in [-0.2, -0.15) is 0 Å². The largest absolute Gasteiger partial charge is 0.338 e. The first kappa shape index (κ1) is 13.0. The van der Waals surface area contributed by atoms with Crippen LogP contribution in [0.15, 0.2) is 10.6 Å². The molecule has 2 rings (SSSR count). The summed E-state index contributed by atoms with van der Waals surface area (Å²) in [5.41, 5.74) is 6.70. The number of aryl methyl sites for hydroxylation is 1. The van der Waals surface area contributed by atoms with Crippen LogP contribution >= 0.6 is 0 Å². The van der Waals surface area contributed by atoms with Gasteiger partial charge in [-0.3, -0.25) is 15.0 Å². The van der Waals surface area contributed by atoms with E-state index in [4.69, 9.17) is 10.3 Å². The SMILES string of the molecule is Cc1cc(NC(=O)CN2CCC(N)C(C)C2)on1. The lowest BCUT2D eigenvalue weighted by atomic mass is 9.95. The van der Waals surface area contributed by atoms with Crippen molar-refractivity contribution in [1.82, 2.24) is 10.1 Å². The van der Waals surface area contributed by atoms with E-state index >= 15 is 0 Å². The molecule has 100 valence electrons. The predicted octanol–water partition coefficient (Wildman–Crippen LogP) is 0.591. The molecule has 3 N–H and O–H groups in total. The molecule has 0 spiro atoms. The number of hydrogen-bond donors (Lipinski definition) is 2. The van der Waals surface area contributed by atoms with Crippen molar-refractivity contribution < 1.29 is 9.32 Å². The van der Waals surface area contributed by atoms with E-state index in [1.165, 1.54) is 0 Å². The van der Waals surface area contributed by atoms with Crippen LogP contribution in [0, 0.1) is 12.8 Å². The van der Waals surface area contributed by atoms with Crippen molar-refractivity contribution in [2.75, 3.05) is 25.0 Å². The van der Waals surface area contributed by atoms with E-state index in [9.17, 15) is 4.79 Å². The fraction of sp³-hybridized carbons (Fsp3) is 0.667. The van der Waals surface area contributed by atoms with Crippen LogP contribution in [0.1, 0.15) is 19.0 Å². The van der Waals surface area contributed by atoms with Crippen LogP contribution in [0.5, 0.6) is 0 Å². The average Bonchev–Trinajstić information content (AvgIpc) is 2.69. The molecule has 18 heavy (non-hydrogen) atoms. The Morgan fingerprint density at radius 2 is 2.50 bits per heavy atom. The highest BCUT2D eigenvalue weighted by Gasteiger charge is 2.24. The number of hydrogen-bond acceptors (Lipinski definition) is 5. The number of rotatable bonds is 3. The molecule has 1 amide bonds. The lowest BCUT2D eigenvalue weighted by Crippen LogP contribution is -2.48. The first-order valence-electron chi connectivity index (χ1n) is 6.25. The van der Waals surface area contributed by atoms with Crippen LogP contribution in [0.3, 0.4) is 0 Å². The number of piperidine rings is 1. The van der Waals surface area contributed by atoms with Gasteiger partial charge in [-0.25, -0.2) is 0 Å². The highest BCUT2D eigenvalue weighted by atomic mass is 16.5. The average molecular weight is 252 g/mol. The van der Waals surface area contributed by atoms with Gasteiger partial charge in [-0.05, 0) is 19.3 Å². The van der Waals surface area contributed by atoms with E-state index in [1.54, 1.807) is 6.07 Å². The summed E-state index contributed by atoms with van der Waals surface area (Å²) in [4.78, 5) is 13.9. The summed E-state index contributed by atoms with van der Waals surface area (Å²) in [6, 6.07) is 1.95. The maximum absolute atomic E-state index is 11.8. The standard InChI is InChI=1S/C12H20N4O2/c1-8-6-16(4-3-10(8)13)7-11(17)14-12-5-9(2)15-18-12/h5,8,10H,3-4,6-7,13H2,1-2H3,(H,14,17). The molecule has 0 aromatic carbocycles. The third-order valence-electron chi connectivity index (χ3n) is 3.31. The van der Waals surface area contributed by atoms with Crippen molar-refractivity contribution in [1.29, 1.82) is 0 Å². The summed E-state index contributed by atoms with van der Waals surface area (Å²) >= 11 is 0. The summed E-state index contributed by atoms with van der Waals surface area (Å²) in [7, 11) is 0. The van der Waals surface area contributed by atoms with E-state index in [-0.39, 0.29) is 11.9 Å².